The Kier molecular flexibility index (Phi) is 3.82. The highest BCUT2D eigenvalue weighted by atomic mass is 16.7. The summed E-state index contributed by atoms with van der Waals surface area (Å²) >= 11 is 0. The Labute approximate surface area is 87.4 Å². The molecule has 82 valence electrons. The molecule has 2 aliphatic rings. The summed E-state index contributed by atoms with van der Waals surface area (Å²) in [6.07, 6.45) is 11.1. The molecular weight excluding hydrogens is 174 g/mol. The Hall–Kier alpha value is -0.0800. The van der Waals surface area contributed by atoms with Crippen molar-refractivity contribution in [1.82, 2.24) is 5.48 Å². The van der Waals surface area contributed by atoms with E-state index in [1.165, 1.54) is 51.4 Å². The quantitative estimate of drug-likeness (QED) is 0.702. The Morgan fingerprint density at radius 1 is 1.00 bits per heavy atom. The lowest BCUT2D eigenvalue weighted by Gasteiger charge is -2.28. The Bertz CT molecular complexity index is 166. The van der Waals surface area contributed by atoms with Crippen LogP contribution < -0.4 is 5.48 Å². The van der Waals surface area contributed by atoms with Gasteiger partial charge in [0.2, 0.25) is 0 Å². The number of hydroxylamine groups is 1. The first-order chi connectivity index (χ1) is 6.84. The van der Waals surface area contributed by atoms with Gasteiger partial charge in [0.25, 0.3) is 0 Å². The standard InChI is InChI=1S/C12H23NO/c1-10-5-4-6-11(9-10)13-14-12-7-2-3-8-12/h10-13H,2-9H2,1H3. The van der Waals surface area contributed by atoms with Gasteiger partial charge in [-0.05, 0) is 31.6 Å². The molecule has 0 aromatic rings. The van der Waals surface area contributed by atoms with E-state index in [-0.39, 0.29) is 0 Å². The molecule has 0 spiro atoms. The number of hydrogen-bond donors (Lipinski definition) is 1. The maximum absolute atomic E-state index is 5.74. The van der Waals surface area contributed by atoms with E-state index in [0.717, 1.165) is 5.92 Å². The molecule has 0 amide bonds. The van der Waals surface area contributed by atoms with E-state index in [4.69, 9.17) is 4.84 Å². The van der Waals surface area contributed by atoms with Crippen molar-refractivity contribution in [3.05, 3.63) is 0 Å². The van der Waals surface area contributed by atoms with Crippen molar-refractivity contribution in [2.75, 3.05) is 0 Å². The smallest absolute Gasteiger partial charge is 0.0790 e. The van der Waals surface area contributed by atoms with Crippen molar-refractivity contribution in [1.29, 1.82) is 0 Å². The lowest BCUT2D eigenvalue weighted by atomic mass is 9.87. The maximum Gasteiger partial charge on any atom is 0.0790 e. The summed E-state index contributed by atoms with van der Waals surface area (Å²) < 4.78 is 0. The first kappa shape index (κ1) is 10.4. The zero-order chi connectivity index (χ0) is 9.80. The van der Waals surface area contributed by atoms with Gasteiger partial charge >= 0.3 is 0 Å². The summed E-state index contributed by atoms with van der Waals surface area (Å²) in [5.41, 5.74) is 3.29. The predicted octanol–water partition coefficient (Wildman–Crippen LogP) is 3.03. The fraction of sp³-hybridized carbons (Fsp3) is 1.00. The molecule has 2 aliphatic carbocycles. The number of hydrogen-bond acceptors (Lipinski definition) is 2. The van der Waals surface area contributed by atoms with Gasteiger partial charge in [0.05, 0.1) is 6.10 Å². The predicted molar refractivity (Wildman–Crippen MR) is 57.9 cm³/mol. The molecule has 2 unspecified atom stereocenters. The number of nitrogens with one attached hydrogen (secondary N) is 1. The highest BCUT2D eigenvalue weighted by Crippen LogP contribution is 2.25. The second kappa shape index (κ2) is 5.13. The van der Waals surface area contributed by atoms with Crippen molar-refractivity contribution in [2.45, 2.75) is 70.4 Å². The van der Waals surface area contributed by atoms with Crippen molar-refractivity contribution in [2.24, 2.45) is 5.92 Å². The van der Waals surface area contributed by atoms with Gasteiger partial charge < -0.3 is 0 Å². The van der Waals surface area contributed by atoms with Crippen LogP contribution in [0, 0.1) is 5.92 Å². The van der Waals surface area contributed by atoms with E-state index in [2.05, 4.69) is 12.4 Å². The largest absolute Gasteiger partial charge is 0.298 e. The van der Waals surface area contributed by atoms with Gasteiger partial charge in [0, 0.05) is 6.04 Å². The molecule has 2 rings (SSSR count). The van der Waals surface area contributed by atoms with Gasteiger partial charge in [-0.2, -0.15) is 5.48 Å². The zero-order valence-electron chi connectivity index (χ0n) is 9.30. The second-order valence-electron chi connectivity index (χ2n) is 5.11. The van der Waals surface area contributed by atoms with Crippen LogP contribution >= 0.6 is 0 Å². The highest BCUT2D eigenvalue weighted by Gasteiger charge is 2.21. The van der Waals surface area contributed by atoms with Crippen molar-refractivity contribution < 1.29 is 4.84 Å². The van der Waals surface area contributed by atoms with E-state index < -0.39 is 0 Å². The molecule has 2 heteroatoms. The zero-order valence-corrected chi connectivity index (χ0v) is 9.30. The van der Waals surface area contributed by atoms with Crippen LogP contribution in [0.2, 0.25) is 0 Å². The first-order valence-electron chi connectivity index (χ1n) is 6.26. The van der Waals surface area contributed by atoms with Crippen molar-refractivity contribution in [3.63, 3.8) is 0 Å². The van der Waals surface area contributed by atoms with E-state index in [1.807, 2.05) is 0 Å². The fourth-order valence-electron chi connectivity index (χ4n) is 2.74. The maximum atomic E-state index is 5.74. The molecule has 0 aromatic heterocycles. The van der Waals surface area contributed by atoms with Crippen molar-refractivity contribution in [3.8, 4) is 0 Å². The topological polar surface area (TPSA) is 21.3 Å². The molecule has 14 heavy (non-hydrogen) atoms. The van der Waals surface area contributed by atoms with Crippen LogP contribution in [0.3, 0.4) is 0 Å². The summed E-state index contributed by atoms with van der Waals surface area (Å²) in [5.74, 6) is 0.883. The van der Waals surface area contributed by atoms with E-state index in [9.17, 15) is 0 Å². The Balaban J connectivity index is 1.64. The highest BCUT2D eigenvalue weighted by molar-refractivity contribution is 4.74. The van der Waals surface area contributed by atoms with Crippen LogP contribution in [0.1, 0.15) is 58.3 Å². The number of rotatable bonds is 3. The molecule has 2 atom stereocenters. The molecular formula is C12H23NO. The SMILES string of the molecule is CC1CCCC(NOC2CCCC2)C1. The molecule has 1 N–H and O–H groups in total. The average molecular weight is 197 g/mol. The third-order valence-corrected chi connectivity index (χ3v) is 3.64. The minimum atomic E-state index is 0.507. The van der Waals surface area contributed by atoms with Gasteiger partial charge in [-0.25, -0.2) is 0 Å². The fourth-order valence-corrected chi connectivity index (χ4v) is 2.74. The van der Waals surface area contributed by atoms with E-state index in [1.54, 1.807) is 0 Å². The summed E-state index contributed by atoms with van der Waals surface area (Å²) in [6.45, 7) is 2.35. The van der Waals surface area contributed by atoms with Crippen LogP contribution in [0.25, 0.3) is 0 Å². The first-order valence-corrected chi connectivity index (χ1v) is 6.26. The van der Waals surface area contributed by atoms with Gasteiger partial charge in [-0.1, -0.05) is 32.6 Å². The molecule has 0 aromatic carbocycles. The minimum Gasteiger partial charge on any atom is -0.298 e. The van der Waals surface area contributed by atoms with Crippen LogP contribution in [0.5, 0.6) is 0 Å². The minimum absolute atomic E-state index is 0.507. The third-order valence-electron chi connectivity index (χ3n) is 3.64. The normalized spacial score (nSPS) is 34.9. The van der Waals surface area contributed by atoms with Gasteiger partial charge in [-0.15, -0.1) is 0 Å². The Morgan fingerprint density at radius 2 is 1.79 bits per heavy atom. The molecule has 0 heterocycles. The monoisotopic (exact) mass is 197 g/mol. The Morgan fingerprint density at radius 3 is 2.50 bits per heavy atom. The summed E-state index contributed by atoms with van der Waals surface area (Å²) in [6, 6.07) is 0.624. The van der Waals surface area contributed by atoms with Gasteiger partial charge in [-0.3, -0.25) is 4.84 Å². The van der Waals surface area contributed by atoms with Crippen LogP contribution in [-0.2, 0) is 4.84 Å². The lowest BCUT2D eigenvalue weighted by Crippen LogP contribution is -2.35. The summed E-state index contributed by atoms with van der Waals surface area (Å²) in [5, 5.41) is 0. The second-order valence-corrected chi connectivity index (χ2v) is 5.11. The van der Waals surface area contributed by atoms with Crippen LogP contribution in [0.15, 0.2) is 0 Å². The molecule has 0 aliphatic heterocycles. The van der Waals surface area contributed by atoms with Crippen LogP contribution in [0.4, 0.5) is 0 Å². The molecule has 2 nitrogen and oxygen atoms in total. The van der Waals surface area contributed by atoms with Gasteiger partial charge in [0.1, 0.15) is 0 Å². The molecule has 2 saturated carbocycles. The molecule has 2 fully saturated rings. The average Bonchev–Trinajstić information content (AvgIpc) is 2.67. The third kappa shape index (κ3) is 2.96. The molecule has 0 radical (unpaired) electrons. The van der Waals surface area contributed by atoms with Crippen molar-refractivity contribution >= 4 is 0 Å². The molecule has 0 saturated heterocycles. The van der Waals surface area contributed by atoms with E-state index >= 15 is 0 Å². The van der Waals surface area contributed by atoms with Gasteiger partial charge in [0.15, 0.2) is 0 Å². The molecule has 0 bridgehead atoms. The summed E-state index contributed by atoms with van der Waals surface area (Å²) in [7, 11) is 0. The van der Waals surface area contributed by atoms with E-state index in [0.29, 0.717) is 12.1 Å². The van der Waals surface area contributed by atoms with Crippen LogP contribution in [-0.4, -0.2) is 12.1 Å². The summed E-state index contributed by atoms with van der Waals surface area (Å²) in [4.78, 5) is 5.74. The lowest BCUT2D eigenvalue weighted by molar-refractivity contribution is -0.0491.